The Morgan fingerprint density at radius 2 is 2.09 bits per heavy atom. The molecule has 0 fully saturated rings. The fourth-order valence-electron chi connectivity index (χ4n) is 2.26. The van der Waals surface area contributed by atoms with Gasteiger partial charge < -0.3 is 5.32 Å². The Balaban J connectivity index is 1.76. The first kappa shape index (κ1) is 12.8. The van der Waals surface area contributed by atoms with Crippen LogP contribution in [0.15, 0.2) is 48.9 Å². The smallest absolute Gasteiger partial charge is 0.160 e. The maximum absolute atomic E-state index is 6.01. The van der Waals surface area contributed by atoms with Crippen molar-refractivity contribution in [3.63, 3.8) is 0 Å². The molecular formula is C15H11ClN6. The molecule has 0 spiro atoms. The number of rotatable bonds is 3. The molecule has 0 saturated heterocycles. The normalized spacial score (nSPS) is 11.0. The van der Waals surface area contributed by atoms with E-state index in [9.17, 15) is 0 Å². The maximum Gasteiger partial charge on any atom is 0.160 e. The number of fused-ring (bicyclic) bond motifs is 1. The van der Waals surface area contributed by atoms with Crippen LogP contribution >= 0.6 is 11.6 Å². The van der Waals surface area contributed by atoms with E-state index in [1.165, 1.54) is 0 Å². The summed E-state index contributed by atoms with van der Waals surface area (Å²) in [5, 5.41) is 18.9. The Hall–Kier alpha value is -2.86. The van der Waals surface area contributed by atoms with Gasteiger partial charge in [-0.15, -0.1) is 0 Å². The zero-order valence-electron chi connectivity index (χ0n) is 11.3. The number of aromatic amines is 2. The summed E-state index contributed by atoms with van der Waals surface area (Å²) in [6, 6.07) is 9.47. The Morgan fingerprint density at radius 3 is 2.91 bits per heavy atom. The van der Waals surface area contributed by atoms with E-state index in [0.717, 1.165) is 33.7 Å². The molecule has 3 heterocycles. The molecule has 0 radical (unpaired) electrons. The third-order valence-corrected chi connectivity index (χ3v) is 3.56. The first-order valence-corrected chi connectivity index (χ1v) is 7.03. The van der Waals surface area contributed by atoms with Gasteiger partial charge in [0.1, 0.15) is 0 Å². The van der Waals surface area contributed by atoms with Crippen LogP contribution in [-0.4, -0.2) is 25.4 Å². The van der Waals surface area contributed by atoms with Crippen molar-refractivity contribution in [2.24, 2.45) is 0 Å². The fourth-order valence-corrected chi connectivity index (χ4v) is 2.45. The Bertz CT molecular complexity index is 928. The van der Waals surface area contributed by atoms with Gasteiger partial charge >= 0.3 is 0 Å². The molecule has 3 aromatic heterocycles. The number of H-pyrrole nitrogens is 2. The lowest BCUT2D eigenvalue weighted by molar-refractivity contribution is 1.09. The van der Waals surface area contributed by atoms with Crippen LogP contribution in [0.4, 0.5) is 11.5 Å². The molecule has 22 heavy (non-hydrogen) atoms. The van der Waals surface area contributed by atoms with Crippen LogP contribution in [0.2, 0.25) is 5.02 Å². The van der Waals surface area contributed by atoms with E-state index < -0.39 is 0 Å². The van der Waals surface area contributed by atoms with Crippen molar-refractivity contribution in [1.29, 1.82) is 0 Å². The lowest BCUT2D eigenvalue weighted by atomic mass is 10.2. The van der Waals surface area contributed by atoms with Gasteiger partial charge in [-0.1, -0.05) is 17.7 Å². The van der Waals surface area contributed by atoms with E-state index in [4.69, 9.17) is 11.6 Å². The first-order valence-electron chi connectivity index (χ1n) is 6.65. The van der Waals surface area contributed by atoms with Gasteiger partial charge in [-0.3, -0.25) is 15.2 Å². The van der Waals surface area contributed by atoms with Crippen molar-refractivity contribution in [2.45, 2.75) is 0 Å². The molecule has 0 amide bonds. The van der Waals surface area contributed by atoms with Gasteiger partial charge in [0.15, 0.2) is 5.82 Å². The summed E-state index contributed by atoms with van der Waals surface area (Å²) in [6.45, 7) is 0. The number of hydrogen-bond acceptors (Lipinski definition) is 4. The second-order valence-electron chi connectivity index (χ2n) is 4.81. The summed E-state index contributed by atoms with van der Waals surface area (Å²) in [4.78, 5) is 4.40. The molecule has 0 atom stereocenters. The Morgan fingerprint density at radius 1 is 1.14 bits per heavy atom. The van der Waals surface area contributed by atoms with Crippen molar-refractivity contribution in [3.8, 4) is 11.3 Å². The van der Waals surface area contributed by atoms with E-state index in [-0.39, 0.29) is 0 Å². The van der Waals surface area contributed by atoms with Gasteiger partial charge in [0.25, 0.3) is 0 Å². The Kier molecular flexibility index (Phi) is 3.01. The van der Waals surface area contributed by atoms with Crippen LogP contribution in [0, 0.1) is 0 Å². The molecule has 0 aliphatic rings. The summed E-state index contributed by atoms with van der Waals surface area (Å²) in [6.07, 6.45) is 5.30. The van der Waals surface area contributed by atoms with Crippen molar-refractivity contribution in [3.05, 3.63) is 53.9 Å². The fraction of sp³-hybridized carbons (Fsp3) is 0. The monoisotopic (exact) mass is 310 g/mol. The van der Waals surface area contributed by atoms with Gasteiger partial charge in [0, 0.05) is 27.9 Å². The van der Waals surface area contributed by atoms with Gasteiger partial charge in [0.2, 0.25) is 0 Å². The van der Waals surface area contributed by atoms with E-state index in [1.54, 1.807) is 18.6 Å². The summed E-state index contributed by atoms with van der Waals surface area (Å²) >= 11 is 6.01. The summed E-state index contributed by atoms with van der Waals surface area (Å²) < 4.78 is 0. The molecule has 4 rings (SSSR count). The van der Waals surface area contributed by atoms with E-state index in [0.29, 0.717) is 5.02 Å². The molecule has 0 bridgehead atoms. The number of nitrogens with zero attached hydrogens (tertiary/aromatic N) is 3. The van der Waals surface area contributed by atoms with E-state index in [2.05, 4.69) is 30.7 Å². The van der Waals surface area contributed by atoms with E-state index >= 15 is 0 Å². The van der Waals surface area contributed by atoms with Crippen LogP contribution in [0.5, 0.6) is 0 Å². The lowest BCUT2D eigenvalue weighted by Crippen LogP contribution is -1.91. The number of anilines is 2. The van der Waals surface area contributed by atoms with Crippen molar-refractivity contribution < 1.29 is 0 Å². The maximum atomic E-state index is 6.01. The first-order chi connectivity index (χ1) is 10.8. The van der Waals surface area contributed by atoms with Crippen LogP contribution in [-0.2, 0) is 0 Å². The molecule has 1 aromatic carbocycles. The number of halogens is 1. The molecule has 6 nitrogen and oxygen atoms in total. The Labute approximate surface area is 130 Å². The molecule has 0 aliphatic carbocycles. The van der Waals surface area contributed by atoms with Gasteiger partial charge in [-0.2, -0.15) is 10.2 Å². The van der Waals surface area contributed by atoms with Gasteiger partial charge in [-0.05, 0) is 24.3 Å². The minimum Gasteiger partial charge on any atom is -0.338 e. The third kappa shape index (κ3) is 2.29. The largest absolute Gasteiger partial charge is 0.338 e. The lowest BCUT2D eigenvalue weighted by Gasteiger charge is -2.04. The molecule has 4 aromatic rings. The highest BCUT2D eigenvalue weighted by molar-refractivity contribution is 6.30. The molecule has 3 N–H and O–H groups in total. The second-order valence-corrected chi connectivity index (χ2v) is 5.25. The predicted octanol–water partition coefficient (Wildman–Crippen LogP) is 3.75. The van der Waals surface area contributed by atoms with Crippen molar-refractivity contribution in [2.75, 3.05) is 5.32 Å². The van der Waals surface area contributed by atoms with Crippen LogP contribution < -0.4 is 5.32 Å². The predicted molar refractivity (Wildman–Crippen MR) is 86.2 cm³/mol. The summed E-state index contributed by atoms with van der Waals surface area (Å²) in [7, 11) is 0. The third-order valence-electron chi connectivity index (χ3n) is 3.33. The molecule has 0 aliphatic heterocycles. The van der Waals surface area contributed by atoms with Crippen molar-refractivity contribution >= 4 is 34.0 Å². The summed E-state index contributed by atoms with van der Waals surface area (Å²) in [5.74, 6) is 0.726. The minimum absolute atomic E-state index is 0.672. The highest BCUT2D eigenvalue weighted by atomic mass is 35.5. The van der Waals surface area contributed by atoms with Crippen LogP contribution in [0.25, 0.3) is 22.2 Å². The minimum atomic E-state index is 0.672. The van der Waals surface area contributed by atoms with Gasteiger partial charge in [-0.25, -0.2) is 0 Å². The highest BCUT2D eigenvalue weighted by Crippen LogP contribution is 2.27. The number of benzene rings is 1. The standard InChI is InChI=1S/C15H11ClN6/c16-10-2-1-3-11(4-10)20-15-12-5-13(9-6-18-19-7-9)17-8-14(12)21-22-15/h1-8H,(H,18,19)(H2,20,21,22). The summed E-state index contributed by atoms with van der Waals surface area (Å²) in [5.41, 5.74) is 3.49. The zero-order chi connectivity index (χ0) is 14.9. The number of aromatic nitrogens is 5. The number of pyridine rings is 1. The SMILES string of the molecule is Clc1cccc(Nc2n[nH]c3cnc(-c4cn[nH]c4)cc23)c1. The average molecular weight is 311 g/mol. The molecule has 0 saturated carbocycles. The van der Waals surface area contributed by atoms with Crippen molar-refractivity contribution in [1.82, 2.24) is 25.4 Å². The highest BCUT2D eigenvalue weighted by Gasteiger charge is 2.09. The van der Waals surface area contributed by atoms with Crippen LogP contribution in [0.1, 0.15) is 0 Å². The number of nitrogens with one attached hydrogen (secondary N) is 3. The molecule has 0 unspecified atom stereocenters. The molecular weight excluding hydrogens is 300 g/mol. The molecule has 7 heteroatoms. The van der Waals surface area contributed by atoms with Gasteiger partial charge in [0.05, 0.1) is 23.6 Å². The molecule has 108 valence electrons. The quantitative estimate of drug-likeness (QED) is 0.538. The second kappa shape index (κ2) is 5.16. The van der Waals surface area contributed by atoms with E-state index in [1.807, 2.05) is 30.3 Å². The zero-order valence-corrected chi connectivity index (χ0v) is 12.1. The van der Waals surface area contributed by atoms with Crippen LogP contribution in [0.3, 0.4) is 0 Å². The average Bonchev–Trinajstić information content (AvgIpc) is 3.17. The topological polar surface area (TPSA) is 82.3 Å². The number of hydrogen-bond donors (Lipinski definition) is 3.